The van der Waals surface area contributed by atoms with Gasteiger partial charge >= 0.3 is 0 Å². The van der Waals surface area contributed by atoms with Crippen LogP contribution in [0, 0.1) is 0 Å². The van der Waals surface area contributed by atoms with Crippen molar-refractivity contribution >= 4 is 32.9 Å². The second-order valence-electron chi connectivity index (χ2n) is 3.28. The zero-order valence-corrected chi connectivity index (χ0v) is 11.0. The first-order valence-corrected chi connectivity index (χ1v) is 7.00. The fourth-order valence-electron chi connectivity index (χ4n) is 1.03. The summed E-state index contributed by atoms with van der Waals surface area (Å²) in [6, 6.07) is 6.52. The Labute approximate surface area is 106 Å². The third kappa shape index (κ3) is 5.01. The van der Waals surface area contributed by atoms with Gasteiger partial charge in [-0.3, -0.25) is 4.72 Å². The van der Waals surface area contributed by atoms with Crippen LogP contribution in [0.2, 0.25) is 0 Å². The number of thiocarbonyl (C=S) groups is 1. The van der Waals surface area contributed by atoms with E-state index in [1.165, 1.54) is 0 Å². The number of rotatable bonds is 6. The number of anilines is 1. The van der Waals surface area contributed by atoms with E-state index in [1.54, 1.807) is 31.2 Å². The van der Waals surface area contributed by atoms with Gasteiger partial charge in [0, 0.05) is 5.69 Å². The molecule has 5 nitrogen and oxygen atoms in total. The topological polar surface area (TPSA) is 81.4 Å². The molecule has 0 saturated heterocycles. The van der Waals surface area contributed by atoms with Crippen molar-refractivity contribution in [2.45, 2.75) is 6.92 Å². The Balaban J connectivity index is 2.65. The van der Waals surface area contributed by atoms with Crippen LogP contribution >= 0.6 is 12.2 Å². The Morgan fingerprint density at radius 1 is 1.41 bits per heavy atom. The first-order valence-electron chi connectivity index (χ1n) is 4.94. The molecule has 0 saturated carbocycles. The number of hydrogen-bond donors (Lipinski definition) is 2. The van der Waals surface area contributed by atoms with Gasteiger partial charge in [0.1, 0.15) is 17.3 Å². The largest absolute Gasteiger partial charge is 0.487 e. The molecule has 0 atom stereocenters. The van der Waals surface area contributed by atoms with Gasteiger partial charge in [-0.05, 0) is 31.2 Å². The van der Waals surface area contributed by atoms with Gasteiger partial charge in [-0.2, -0.15) is 0 Å². The van der Waals surface area contributed by atoms with Crippen LogP contribution in [-0.4, -0.2) is 25.8 Å². The third-order valence-corrected chi connectivity index (χ3v) is 3.31. The number of nitrogens with two attached hydrogens (primary N) is 1. The lowest BCUT2D eigenvalue weighted by atomic mass is 10.3. The lowest BCUT2D eigenvalue weighted by Crippen LogP contribution is -2.17. The van der Waals surface area contributed by atoms with Gasteiger partial charge in [0.25, 0.3) is 0 Å². The molecule has 1 aromatic carbocycles. The minimum atomic E-state index is -3.24. The van der Waals surface area contributed by atoms with Crippen LogP contribution in [0.1, 0.15) is 6.92 Å². The Kier molecular flexibility index (Phi) is 4.71. The predicted molar refractivity (Wildman–Crippen MR) is 71.8 cm³/mol. The summed E-state index contributed by atoms with van der Waals surface area (Å²) in [5.74, 6) is 0.615. The number of hydrogen-bond acceptors (Lipinski definition) is 4. The van der Waals surface area contributed by atoms with Crippen molar-refractivity contribution in [2.75, 3.05) is 17.1 Å². The zero-order chi connectivity index (χ0) is 12.9. The number of sulfonamides is 1. The van der Waals surface area contributed by atoms with Gasteiger partial charge in [0.15, 0.2) is 0 Å². The third-order valence-electron chi connectivity index (χ3n) is 1.89. The van der Waals surface area contributed by atoms with Gasteiger partial charge in [0.05, 0.1) is 5.75 Å². The summed E-state index contributed by atoms with van der Waals surface area (Å²) in [7, 11) is -3.24. The average molecular weight is 274 g/mol. The molecule has 0 unspecified atom stereocenters. The van der Waals surface area contributed by atoms with E-state index < -0.39 is 10.0 Å². The van der Waals surface area contributed by atoms with E-state index in [0.29, 0.717) is 11.4 Å². The summed E-state index contributed by atoms with van der Waals surface area (Å²) >= 11 is 4.67. The minimum absolute atomic E-state index is 0.0344. The first kappa shape index (κ1) is 13.7. The minimum Gasteiger partial charge on any atom is -0.487 e. The van der Waals surface area contributed by atoms with Crippen LogP contribution in [0.15, 0.2) is 24.3 Å². The maximum atomic E-state index is 11.3. The zero-order valence-electron chi connectivity index (χ0n) is 9.34. The maximum absolute atomic E-state index is 11.3. The second kappa shape index (κ2) is 5.83. The van der Waals surface area contributed by atoms with Crippen LogP contribution < -0.4 is 15.2 Å². The van der Waals surface area contributed by atoms with Crippen LogP contribution in [0.25, 0.3) is 0 Å². The van der Waals surface area contributed by atoms with E-state index in [1.807, 2.05) is 0 Å². The molecule has 1 rings (SSSR count). The highest BCUT2D eigenvalue weighted by Gasteiger charge is 2.06. The van der Waals surface area contributed by atoms with Gasteiger partial charge < -0.3 is 10.5 Å². The maximum Gasteiger partial charge on any atom is 0.232 e. The van der Waals surface area contributed by atoms with E-state index in [4.69, 9.17) is 10.5 Å². The Bertz CT molecular complexity index is 483. The standard InChI is InChI=1S/C10H14N2O3S2/c1-2-17(13,14)12-8-3-5-9(6-4-8)15-7-10(11)16/h3-6,12H,2,7H2,1H3,(H2,11,16). The lowest BCUT2D eigenvalue weighted by Gasteiger charge is -2.08. The molecule has 17 heavy (non-hydrogen) atoms. The van der Waals surface area contributed by atoms with Crippen LogP contribution in [0.5, 0.6) is 5.75 Å². The van der Waals surface area contributed by atoms with Crippen molar-refractivity contribution < 1.29 is 13.2 Å². The first-order chi connectivity index (χ1) is 7.93. The Hall–Kier alpha value is -1.34. The highest BCUT2D eigenvalue weighted by molar-refractivity contribution is 7.92. The molecule has 94 valence electrons. The van der Waals surface area contributed by atoms with E-state index in [0.717, 1.165) is 0 Å². The van der Waals surface area contributed by atoms with E-state index in [9.17, 15) is 8.42 Å². The number of nitrogens with one attached hydrogen (secondary N) is 1. The van der Waals surface area contributed by atoms with Crippen molar-refractivity contribution in [1.82, 2.24) is 0 Å². The van der Waals surface area contributed by atoms with Gasteiger partial charge in [-0.15, -0.1) is 0 Å². The fraction of sp³-hybridized carbons (Fsp3) is 0.300. The molecule has 0 heterocycles. The van der Waals surface area contributed by atoms with E-state index in [2.05, 4.69) is 16.9 Å². The van der Waals surface area contributed by atoms with Crippen molar-refractivity contribution in [3.8, 4) is 5.75 Å². The van der Waals surface area contributed by atoms with E-state index in [-0.39, 0.29) is 17.3 Å². The molecule has 1 aromatic rings. The van der Waals surface area contributed by atoms with Crippen molar-refractivity contribution in [1.29, 1.82) is 0 Å². The molecule has 0 amide bonds. The summed E-state index contributed by atoms with van der Waals surface area (Å²) in [6.07, 6.45) is 0. The second-order valence-corrected chi connectivity index (χ2v) is 5.82. The summed E-state index contributed by atoms with van der Waals surface area (Å²) < 4.78 is 30.2. The van der Waals surface area contributed by atoms with Crippen molar-refractivity contribution in [3.63, 3.8) is 0 Å². The summed E-state index contributed by atoms with van der Waals surface area (Å²) in [4.78, 5) is 0.265. The molecular weight excluding hydrogens is 260 g/mol. The number of ether oxygens (including phenoxy) is 1. The van der Waals surface area contributed by atoms with Gasteiger partial charge in [-0.1, -0.05) is 12.2 Å². The number of benzene rings is 1. The van der Waals surface area contributed by atoms with Crippen LogP contribution in [0.3, 0.4) is 0 Å². The quantitative estimate of drug-likeness (QED) is 0.760. The van der Waals surface area contributed by atoms with Crippen molar-refractivity contribution in [3.05, 3.63) is 24.3 Å². The average Bonchev–Trinajstić information content (AvgIpc) is 2.28. The highest BCUT2D eigenvalue weighted by Crippen LogP contribution is 2.16. The summed E-state index contributed by atoms with van der Waals surface area (Å²) in [5.41, 5.74) is 5.78. The molecule has 0 spiro atoms. The normalized spacial score (nSPS) is 10.9. The molecule has 3 N–H and O–H groups in total. The molecule has 0 fully saturated rings. The van der Waals surface area contributed by atoms with Crippen molar-refractivity contribution in [2.24, 2.45) is 5.73 Å². The smallest absolute Gasteiger partial charge is 0.232 e. The van der Waals surface area contributed by atoms with E-state index >= 15 is 0 Å². The molecule has 0 radical (unpaired) electrons. The molecule has 0 aromatic heterocycles. The highest BCUT2D eigenvalue weighted by atomic mass is 32.2. The van der Waals surface area contributed by atoms with Gasteiger partial charge in [0.2, 0.25) is 10.0 Å². The summed E-state index contributed by atoms with van der Waals surface area (Å²) in [6.45, 7) is 1.73. The van der Waals surface area contributed by atoms with Gasteiger partial charge in [-0.25, -0.2) is 8.42 Å². The molecule has 0 aliphatic heterocycles. The Morgan fingerprint density at radius 2 is 2.00 bits per heavy atom. The molecule has 0 aliphatic carbocycles. The summed E-state index contributed by atoms with van der Waals surface area (Å²) in [5, 5.41) is 0. The lowest BCUT2D eigenvalue weighted by molar-refractivity contribution is 0.377. The molecule has 7 heteroatoms. The van der Waals surface area contributed by atoms with Crippen LogP contribution in [-0.2, 0) is 10.0 Å². The SMILES string of the molecule is CCS(=O)(=O)Nc1ccc(OCC(N)=S)cc1. The predicted octanol–water partition coefficient (Wildman–Crippen LogP) is 1.11. The molecule has 0 bridgehead atoms. The molecular formula is C10H14N2O3S2. The monoisotopic (exact) mass is 274 g/mol. The van der Waals surface area contributed by atoms with Crippen LogP contribution in [0.4, 0.5) is 5.69 Å². The molecule has 0 aliphatic rings. The Morgan fingerprint density at radius 3 is 2.47 bits per heavy atom. The fourth-order valence-corrected chi connectivity index (χ4v) is 1.72.